The first-order valence-corrected chi connectivity index (χ1v) is 4.60. The molecule has 1 aromatic rings. The lowest BCUT2D eigenvalue weighted by atomic mass is 10.1. The van der Waals surface area contributed by atoms with Crippen molar-refractivity contribution in [1.29, 1.82) is 0 Å². The van der Waals surface area contributed by atoms with E-state index in [9.17, 15) is 0 Å². The molecule has 0 aliphatic heterocycles. The van der Waals surface area contributed by atoms with Crippen LogP contribution in [0.15, 0.2) is 31.0 Å². The van der Waals surface area contributed by atoms with Crippen LogP contribution in [0.2, 0.25) is 0 Å². The highest BCUT2D eigenvalue weighted by Gasteiger charge is 2.12. The first-order valence-electron chi connectivity index (χ1n) is 4.60. The molecule has 1 unspecified atom stereocenters. The smallest absolute Gasteiger partial charge is 0.217 e. The summed E-state index contributed by atoms with van der Waals surface area (Å²) in [6.45, 7) is 3.73. The van der Waals surface area contributed by atoms with E-state index in [1.807, 2.05) is 25.3 Å². The third kappa shape index (κ3) is 2.33. The van der Waals surface area contributed by atoms with Gasteiger partial charge in [-0.25, -0.2) is 4.98 Å². The maximum Gasteiger partial charge on any atom is 0.217 e. The molecular weight excluding hydrogens is 176 g/mol. The molecule has 1 heterocycles. The Bertz CT molecular complexity index is 299. The van der Waals surface area contributed by atoms with Crippen LogP contribution < -0.4 is 10.1 Å². The fourth-order valence-corrected chi connectivity index (χ4v) is 1.41. The Balaban J connectivity index is 2.95. The van der Waals surface area contributed by atoms with Gasteiger partial charge in [-0.15, -0.1) is 6.58 Å². The molecule has 1 atom stereocenters. The van der Waals surface area contributed by atoms with Gasteiger partial charge < -0.3 is 10.1 Å². The molecule has 3 heteroatoms. The highest BCUT2D eigenvalue weighted by Crippen LogP contribution is 2.24. The summed E-state index contributed by atoms with van der Waals surface area (Å²) in [5, 5.41) is 3.20. The number of hydrogen-bond donors (Lipinski definition) is 1. The molecule has 0 spiro atoms. The molecular formula is C11H16N2O. The molecule has 3 nitrogen and oxygen atoms in total. The number of aromatic nitrogens is 1. The lowest BCUT2D eigenvalue weighted by Crippen LogP contribution is -2.16. The second-order valence-electron chi connectivity index (χ2n) is 2.97. The number of ether oxygens (including phenoxy) is 1. The third-order valence-corrected chi connectivity index (χ3v) is 2.12. The second kappa shape index (κ2) is 5.40. The Kier molecular flexibility index (Phi) is 4.13. The van der Waals surface area contributed by atoms with Gasteiger partial charge >= 0.3 is 0 Å². The van der Waals surface area contributed by atoms with Gasteiger partial charge in [-0.1, -0.05) is 12.1 Å². The van der Waals surface area contributed by atoms with Crippen LogP contribution in [0.25, 0.3) is 0 Å². The minimum absolute atomic E-state index is 0.219. The zero-order chi connectivity index (χ0) is 10.4. The summed E-state index contributed by atoms with van der Waals surface area (Å²) in [4.78, 5) is 4.15. The minimum Gasteiger partial charge on any atom is -0.481 e. The fraction of sp³-hybridized carbons (Fsp3) is 0.364. The van der Waals surface area contributed by atoms with Crippen molar-refractivity contribution in [1.82, 2.24) is 10.3 Å². The van der Waals surface area contributed by atoms with Gasteiger partial charge in [0.15, 0.2) is 0 Å². The van der Waals surface area contributed by atoms with Crippen molar-refractivity contribution >= 4 is 0 Å². The number of rotatable bonds is 5. The monoisotopic (exact) mass is 192 g/mol. The van der Waals surface area contributed by atoms with E-state index in [-0.39, 0.29) is 6.04 Å². The molecule has 0 bridgehead atoms. The number of pyridine rings is 1. The second-order valence-corrected chi connectivity index (χ2v) is 2.97. The predicted molar refractivity (Wildman–Crippen MR) is 57.4 cm³/mol. The average Bonchev–Trinajstić information content (AvgIpc) is 2.26. The molecule has 76 valence electrons. The van der Waals surface area contributed by atoms with E-state index < -0.39 is 0 Å². The third-order valence-electron chi connectivity index (χ3n) is 2.12. The lowest BCUT2D eigenvalue weighted by Gasteiger charge is -2.16. The highest BCUT2D eigenvalue weighted by molar-refractivity contribution is 5.29. The van der Waals surface area contributed by atoms with Gasteiger partial charge in [-0.05, 0) is 19.5 Å². The first-order chi connectivity index (χ1) is 6.83. The van der Waals surface area contributed by atoms with Gasteiger partial charge in [0.2, 0.25) is 5.88 Å². The van der Waals surface area contributed by atoms with Crippen molar-refractivity contribution in [2.24, 2.45) is 0 Å². The lowest BCUT2D eigenvalue weighted by molar-refractivity contribution is 0.385. The van der Waals surface area contributed by atoms with Crippen molar-refractivity contribution in [2.45, 2.75) is 12.5 Å². The normalized spacial score (nSPS) is 12.1. The molecule has 0 aliphatic rings. The molecule has 0 amide bonds. The van der Waals surface area contributed by atoms with E-state index >= 15 is 0 Å². The number of methoxy groups -OCH3 is 1. The maximum atomic E-state index is 5.19. The zero-order valence-electron chi connectivity index (χ0n) is 8.66. The largest absolute Gasteiger partial charge is 0.481 e. The Morgan fingerprint density at radius 2 is 2.50 bits per heavy atom. The average molecular weight is 192 g/mol. The number of hydrogen-bond acceptors (Lipinski definition) is 3. The Morgan fingerprint density at radius 1 is 1.71 bits per heavy atom. The summed E-state index contributed by atoms with van der Waals surface area (Å²) >= 11 is 0. The maximum absolute atomic E-state index is 5.19. The van der Waals surface area contributed by atoms with Crippen molar-refractivity contribution < 1.29 is 4.74 Å². The van der Waals surface area contributed by atoms with Gasteiger partial charge in [-0.2, -0.15) is 0 Å². The topological polar surface area (TPSA) is 34.2 Å². The summed E-state index contributed by atoms with van der Waals surface area (Å²) in [6.07, 6.45) is 4.47. The standard InChI is InChI=1S/C11H16N2O/c1-4-6-10(12-2)9-7-5-8-13-11(9)14-3/h4-5,7-8,10,12H,1,6H2,2-3H3. The van der Waals surface area contributed by atoms with Crippen molar-refractivity contribution in [3.05, 3.63) is 36.5 Å². The molecule has 0 saturated carbocycles. The van der Waals surface area contributed by atoms with E-state index in [1.54, 1.807) is 13.3 Å². The summed E-state index contributed by atoms with van der Waals surface area (Å²) in [6, 6.07) is 4.14. The van der Waals surface area contributed by atoms with Crippen molar-refractivity contribution in [3.63, 3.8) is 0 Å². The van der Waals surface area contributed by atoms with Crippen LogP contribution in [0.3, 0.4) is 0 Å². The van der Waals surface area contributed by atoms with Gasteiger partial charge in [-0.3, -0.25) is 0 Å². The molecule has 0 aliphatic carbocycles. The van der Waals surface area contributed by atoms with Crippen LogP contribution in [-0.2, 0) is 0 Å². The van der Waals surface area contributed by atoms with Gasteiger partial charge in [0, 0.05) is 17.8 Å². The van der Waals surface area contributed by atoms with Crippen LogP contribution in [0.4, 0.5) is 0 Å². The summed E-state index contributed by atoms with van der Waals surface area (Å²) in [7, 11) is 3.55. The Hall–Kier alpha value is -1.35. The molecule has 0 fully saturated rings. The molecule has 1 aromatic heterocycles. The van der Waals surface area contributed by atoms with E-state index in [0.29, 0.717) is 5.88 Å². The van der Waals surface area contributed by atoms with Crippen LogP contribution in [0.1, 0.15) is 18.0 Å². The van der Waals surface area contributed by atoms with Crippen molar-refractivity contribution in [2.75, 3.05) is 14.2 Å². The fourth-order valence-electron chi connectivity index (χ4n) is 1.41. The minimum atomic E-state index is 0.219. The summed E-state index contributed by atoms with van der Waals surface area (Å²) < 4.78 is 5.19. The molecule has 1 N–H and O–H groups in total. The van der Waals surface area contributed by atoms with Gasteiger partial charge in [0.1, 0.15) is 0 Å². The number of nitrogens with one attached hydrogen (secondary N) is 1. The summed E-state index contributed by atoms with van der Waals surface area (Å²) in [5.41, 5.74) is 1.07. The molecule has 0 aromatic carbocycles. The molecule has 1 rings (SSSR count). The Labute approximate surface area is 84.8 Å². The molecule has 0 saturated heterocycles. The molecule has 0 radical (unpaired) electrons. The van der Waals surface area contributed by atoms with E-state index in [0.717, 1.165) is 12.0 Å². The van der Waals surface area contributed by atoms with Crippen molar-refractivity contribution in [3.8, 4) is 5.88 Å². The molecule has 14 heavy (non-hydrogen) atoms. The number of nitrogens with zero attached hydrogens (tertiary/aromatic N) is 1. The predicted octanol–water partition coefficient (Wildman–Crippen LogP) is 1.93. The summed E-state index contributed by atoms with van der Waals surface area (Å²) in [5.74, 6) is 0.675. The van der Waals surface area contributed by atoms with Crippen LogP contribution in [0.5, 0.6) is 5.88 Å². The van der Waals surface area contributed by atoms with E-state index in [1.165, 1.54) is 0 Å². The zero-order valence-corrected chi connectivity index (χ0v) is 8.66. The van der Waals surface area contributed by atoms with Gasteiger partial charge in [0.05, 0.1) is 7.11 Å². The SMILES string of the molecule is C=CCC(NC)c1cccnc1OC. The quantitative estimate of drug-likeness (QED) is 0.724. The van der Waals surface area contributed by atoms with Crippen LogP contribution in [-0.4, -0.2) is 19.1 Å². The van der Waals surface area contributed by atoms with Crippen LogP contribution >= 0.6 is 0 Å². The van der Waals surface area contributed by atoms with Gasteiger partial charge in [0.25, 0.3) is 0 Å². The Morgan fingerprint density at radius 3 is 3.07 bits per heavy atom. The highest BCUT2D eigenvalue weighted by atomic mass is 16.5. The van der Waals surface area contributed by atoms with Crippen LogP contribution in [0, 0.1) is 0 Å². The first kappa shape index (κ1) is 10.7. The van der Waals surface area contributed by atoms with E-state index in [4.69, 9.17) is 4.74 Å². The van der Waals surface area contributed by atoms with E-state index in [2.05, 4.69) is 16.9 Å².